The summed E-state index contributed by atoms with van der Waals surface area (Å²) in [6.45, 7) is 4.52. The Morgan fingerprint density at radius 2 is 1.93 bits per heavy atom. The number of aryl methyl sites for hydroxylation is 1. The van der Waals surface area contributed by atoms with Crippen LogP contribution in [-0.4, -0.2) is 26.6 Å². The summed E-state index contributed by atoms with van der Waals surface area (Å²) in [4.78, 5) is 0. The van der Waals surface area contributed by atoms with E-state index >= 15 is 0 Å². The summed E-state index contributed by atoms with van der Waals surface area (Å²) >= 11 is 0. The van der Waals surface area contributed by atoms with Gasteiger partial charge in [-0.3, -0.25) is 0 Å². The minimum absolute atomic E-state index is 0.485. The molecule has 3 nitrogen and oxygen atoms in total. The molecule has 0 bridgehead atoms. The summed E-state index contributed by atoms with van der Waals surface area (Å²) in [5, 5.41) is 3.33. The van der Waals surface area contributed by atoms with E-state index in [9.17, 15) is 0 Å². The van der Waals surface area contributed by atoms with Crippen molar-refractivity contribution in [1.29, 1.82) is 0 Å². The van der Waals surface area contributed by atoms with E-state index in [4.69, 9.17) is 9.47 Å². The van der Waals surface area contributed by atoms with Crippen LogP contribution < -0.4 is 5.32 Å². The van der Waals surface area contributed by atoms with Gasteiger partial charge in [-0.2, -0.15) is 0 Å². The Balaban J connectivity index is 2.79. The van der Waals surface area contributed by atoms with E-state index in [1.54, 1.807) is 14.2 Å². The molecule has 15 heavy (non-hydrogen) atoms. The molecule has 0 spiro atoms. The average molecular weight is 209 g/mol. The first kappa shape index (κ1) is 12.0. The summed E-state index contributed by atoms with van der Waals surface area (Å²) in [5.41, 5.74) is 1.77. The van der Waals surface area contributed by atoms with Crippen LogP contribution in [0.4, 0.5) is 5.69 Å². The number of hydrogen-bond donors (Lipinski definition) is 1. The molecule has 0 aliphatic heterocycles. The van der Waals surface area contributed by atoms with Gasteiger partial charge in [0.1, 0.15) is 0 Å². The number of ether oxygens (including phenoxy) is 2. The second-order valence-electron chi connectivity index (χ2n) is 3.81. The Bertz CT molecular complexity index is 314. The predicted molar refractivity (Wildman–Crippen MR) is 62.1 cm³/mol. The molecule has 0 aliphatic rings. The van der Waals surface area contributed by atoms with Crippen molar-refractivity contribution in [3.63, 3.8) is 0 Å². The van der Waals surface area contributed by atoms with E-state index in [-0.39, 0.29) is 0 Å². The van der Waals surface area contributed by atoms with Crippen molar-refractivity contribution < 1.29 is 9.47 Å². The smallest absolute Gasteiger partial charge is 0.159 e. The quantitative estimate of drug-likeness (QED) is 0.755. The molecule has 0 saturated carbocycles. The summed E-state index contributed by atoms with van der Waals surface area (Å²) in [6, 6.07) is 8.10. The van der Waals surface area contributed by atoms with Crippen LogP contribution in [0.1, 0.15) is 12.5 Å². The van der Waals surface area contributed by atoms with E-state index in [0.717, 1.165) is 5.69 Å². The van der Waals surface area contributed by atoms with Crippen LogP contribution >= 0.6 is 0 Å². The first-order valence-electron chi connectivity index (χ1n) is 4.99. The van der Waals surface area contributed by atoms with Crippen molar-refractivity contribution in [1.82, 2.24) is 0 Å². The summed E-state index contributed by atoms with van der Waals surface area (Å²) in [5.74, 6) is 0. The van der Waals surface area contributed by atoms with Gasteiger partial charge in [-0.05, 0) is 25.5 Å². The lowest BCUT2D eigenvalue weighted by atomic mass is 10.1. The highest BCUT2D eigenvalue weighted by molar-refractivity contribution is 5.51. The number of methoxy groups -OCH3 is 2. The molecule has 0 radical (unpaired) electrons. The molecule has 1 N–H and O–H groups in total. The first-order valence-corrected chi connectivity index (χ1v) is 4.99. The van der Waals surface area contributed by atoms with Crippen LogP contribution in [0.3, 0.4) is 0 Å². The van der Waals surface area contributed by atoms with E-state index < -0.39 is 5.72 Å². The second kappa shape index (κ2) is 5.14. The van der Waals surface area contributed by atoms with Crippen molar-refractivity contribution in [2.45, 2.75) is 19.6 Å². The van der Waals surface area contributed by atoms with Gasteiger partial charge in [0.25, 0.3) is 0 Å². The number of hydrogen-bond acceptors (Lipinski definition) is 3. The lowest BCUT2D eigenvalue weighted by Gasteiger charge is -2.30. The van der Waals surface area contributed by atoms with Crippen LogP contribution in [0.15, 0.2) is 24.3 Å². The molecule has 0 aromatic heterocycles. The van der Waals surface area contributed by atoms with Gasteiger partial charge in [0, 0.05) is 19.9 Å². The zero-order valence-corrected chi connectivity index (χ0v) is 9.83. The van der Waals surface area contributed by atoms with Crippen LogP contribution in [0.25, 0.3) is 0 Å². The van der Waals surface area contributed by atoms with Gasteiger partial charge in [-0.25, -0.2) is 0 Å². The van der Waals surface area contributed by atoms with Crippen LogP contribution in [0.5, 0.6) is 0 Å². The Kier molecular flexibility index (Phi) is 4.12. The number of rotatable bonds is 5. The molecule has 84 valence electrons. The molecule has 1 atom stereocenters. The van der Waals surface area contributed by atoms with Crippen LogP contribution in [0, 0.1) is 6.92 Å². The van der Waals surface area contributed by atoms with Gasteiger partial charge in [0.15, 0.2) is 5.72 Å². The largest absolute Gasteiger partial charge is 0.380 e. The fourth-order valence-electron chi connectivity index (χ4n) is 1.42. The maximum Gasteiger partial charge on any atom is 0.159 e. The molecule has 0 heterocycles. The van der Waals surface area contributed by atoms with E-state index in [0.29, 0.717) is 6.61 Å². The fourth-order valence-corrected chi connectivity index (χ4v) is 1.42. The van der Waals surface area contributed by atoms with Crippen molar-refractivity contribution in [3.8, 4) is 0 Å². The minimum atomic E-state index is -0.485. The minimum Gasteiger partial charge on any atom is -0.380 e. The van der Waals surface area contributed by atoms with E-state index in [1.807, 2.05) is 25.1 Å². The van der Waals surface area contributed by atoms with Gasteiger partial charge in [0.05, 0.1) is 6.61 Å². The van der Waals surface area contributed by atoms with Crippen molar-refractivity contribution in [2.75, 3.05) is 26.1 Å². The average Bonchev–Trinajstić information content (AvgIpc) is 2.22. The summed E-state index contributed by atoms with van der Waals surface area (Å²) in [6.07, 6.45) is 0. The lowest BCUT2D eigenvalue weighted by Crippen LogP contribution is -2.41. The third-order valence-corrected chi connectivity index (χ3v) is 2.41. The Labute approximate surface area is 91.4 Å². The number of para-hydroxylation sites is 1. The van der Waals surface area contributed by atoms with Gasteiger partial charge in [-0.15, -0.1) is 0 Å². The molecule has 1 rings (SSSR count). The molecular formula is C12H19NO2. The van der Waals surface area contributed by atoms with Gasteiger partial charge in [0.2, 0.25) is 0 Å². The van der Waals surface area contributed by atoms with Gasteiger partial charge < -0.3 is 14.8 Å². The normalized spacial score (nSPS) is 14.7. The molecular weight excluding hydrogens is 190 g/mol. The number of nitrogens with one attached hydrogen (secondary N) is 1. The fraction of sp³-hybridized carbons (Fsp3) is 0.500. The van der Waals surface area contributed by atoms with Gasteiger partial charge >= 0.3 is 0 Å². The Morgan fingerprint density at radius 1 is 1.27 bits per heavy atom. The lowest BCUT2D eigenvalue weighted by molar-refractivity contribution is -0.0301. The molecule has 1 aromatic carbocycles. The standard InChI is InChI=1S/C12H19NO2/c1-10-7-5-6-8-11(10)13-12(2,15-4)9-14-3/h5-8,13H,9H2,1-4H3. The summed E-state index contributed by atoms with van der Waals surface area (Å²) in [7, 11) is 3.33. The predicted octanol–water partition coefficient (Wildman–Crippen LogP) is 2.42. The molecule has 0 fully saturated rings. The third kappa shape index (κ3) is 3.22. The first-order chi connectivity index (χ1) is 7.11. The SMILES string of the molecule is COCC(C)(Nc1ccccc1C)OC. The Morgan fingerprint density at radius 3 is 2.47 bits per heavy atom. The molecule has 3 heteroatoms. The van der Waals surface area contributed by atoms with Gasteiger partial charge in [-0.1, -0.05) is 18.2 Å². The monoisotopic (exact) mass is 209 g/mol. The maximum atomic E-state index is 5.40. The zero-order chi connectivity index (χ0) is 11.3. The van der Waals surface area contributed by atoms with E-state index in [1.165, 1.54) is 5.56 Å². The second-order valence-corrected chi connectivity index (χ2v) is 3.81. The topological polar surface area (TPSA) is 30.5 Å². The highest BCUT2D eigenvalue weighted by Gasteiger charge is 2.23. The molecule has 0 amide bonds. The van der Waals surface area contributed by atoms with Crippen molar-refractivity contribution in [3.05, 3.63) is 29.8 Å². The third-order valence-electron chi connectivity index (χ3n) is 2.41. The molecule has 1 aromatic rings. The van der Waals surface area contributed by atoms with E-state index in [2.05, 4.69) is 18.3 Å². The summed E-state index contributed by atoms with van der Waals surface area (Å²) < 4.78 is 10.5. The highest BCUT2D eigenvalue weighted by Crippen LogP contribution is 2.19. The zero-order valence-electron chi connectivity index (χ0n) is 9.83. The molecule has 1 unspecified atom stereocenters. The van der Waals surface area contributed by atoms with Crippen LogP contribution in [0.2, 0.25) is 0 Å². The maximum absolute atomic E-state index is 5.40. The van der Waals surface area contributed by atoms with Crippen molar-refractivity contribution in [2.24, 2.45) is 0 Å². The highest BCUT2D eigenvalue weighted by atomic mass is 16.5. The molecule has 0 saturated heterocycles. The number of benzene rings is 1. The Hall–Kier alpha value is -1.06. The van der Waals surface area contributed by atoms with Crippen LogP contribution in [-0.2, 0) is 9.47 Å². The number of anilines is 1. The molecule has 0 aliphatic carbocycles. The van der Waals surface area contributed by atoms with Crippen molar-refractivity contribution >= 4 is 5.69 Å².